The standard InChI is InChI=1S/C21H48O6Si2/c1-14-21(28(22-15(2)3,23-16(4)5)24-17(6)7)29(25-18(8)9,26-19(10)11)27-20(12)13/h15-21H,14H2,1-13H3. The average Bonchev–Trinajstić information content (AvgIpc) is 2.41. The second kappa shape index (κ2) is 12.9. The minimum Gasteiger partial charge on any atom is -0.371 e. The van der Waals surface area contributed by atoms with E-state index in [2.05, 4.69) is 6.92 Å². The van der Waals surface area contributed by atoms with Gasteiger partial charge in [0.05, 0.1) is 5.16 Å². The van der Waals surface area contributed by atoms with Gasteiger partial charge in [-0.25, -0.2) is 0 Å². The zero-order valence-corrected chi connectivity index (χ0v) is 23.2. The molecule has 0 N–H and O–H groups in total. The summed E-state index contributed by atoms with van der Waals surface area (Å²) in [5.41, 5.74) is 0. The normalized spacial score (nSPS) is 14.1. The summed E-state index contributed by atoms with van der Waals surface area (Å²) in [4.78, 5) is 0. The van der Waals surface area contributed by atoms with Crippen LogP contribution in [0.2, 0.25) is 5.16 Å². The monoisotopic (exact) mass is 452 g/mol. The minimum absolute atomic E-state index is 0.0583. The maximum absolute atomic E-state index is 6.55. The van der Waals surface area contributed by atoms with Crippen LogP contribution < -0.4 is 0 Å². The molecule has 0 aromatic heterocycles. The first-order valence-electron chi connectivity index (χ1n) is 11.3. The van der Waals surface area contributed by atoms with E-state index in [0.717, 1.165) is 6.42 Å². The largest absolute Gasteiger partial charge is 0.509 e. The highest BCUT2D eigenvalue weighted by Crippen LogP contribution is 2.43. The predicted octanol–water partition coefficient (Wildman–Crippen LogP) is 5.73. The Kier molecular flexibility index (Phi) is 13.0. The zero-order chi connectivity index (χ0) is 23.0. The molecule has 0 aliphatic rings. The highest BCUT2D eigenvalue weighted by molar-refractivity contribution is 6.82. The maximum atomic E-state index is 6.55. The minimum atomic E-state index is -3.26. The number of rotatable bonds is 15. The van der Waals surface area contributed by atoms with Gasteiger partial charge in [0.15, 0.2) is 0 Å². The molecule has 0 spiro atoms. The molecule has 0 heterocycles. The lowest BCUT2D eigenvalue weighted by molar-refractivity contribution is -0.0300. The van der Waals surface area contributed by atoms with Crippen molar-refractivity contribution in [2.45, 2.75) is 138 Å². The second-order valence-electron chi connectivity index (χ2n) is 9.17. The molecule has 0 saturated carbocycles. The first-order chi connectivity index (χ1) is 13.2. The molecule has 0 amide bonds. The third-order valence-corrected chi connectivity index (χ3v) is 13.1. The molecule has 0 fully saturated rings. The van der Waals surface area contributed by atoms with Gasteiger partial charge in [-0.05, 0) is 89.5 Å². The van der Waals surface area contributed by atoms with Crippen molar-refractivity contribution in [1.29, 1.82) is 0 Å². The van der Waals surface area contributed by atoms with E-state index in [1.54, 1.807) is 0 Å². The van der Waals surface area contributed by atoms with Crippen LogP contribution in [-0.2, 0) is 26.6 Å². The number of hydrogen-bond donors (Lipinski definition) is 0. The molecule has 0 rings (SSSR count). The van der Waals surface area contributed by atoms with Gasteiger partial charge < -0.3 is 26.6 Å². The van der Waals surface area contributed by atoms with Crippen molar-refractivity contribution in [2.75, 3.05) is 0 Å². The summed E-state index contributed by atoms with van der Waals surface area (Å²) in [5, 5.41) is -0.227. The van der Waals surface area contributed by atoms with E-state index in [9.17, 15) is 0 Å². The summed E-state index contributed by atoms with van der Waals surface area (Å²) >= 11 is 0. The van der Waals surface area contributed by atoms with Crippen LogP contribution in [0.25, 0.3) is 0 Å². The molecule has 8 heteroatoms. The Balaban J connectivity index is 6.72. The molecule has 176 valence electrons. The smallest absolute Gasteiger partial charge is 0.371 e. The van der Waals surface area contributed by atoms with Crippen LogP contribution in [0.4, 0.5) is 0 Å². The summed E-state index contributed by atoms with van der Waals surface area (Å²) in [6, 6.07) is 0. The summed E-state index contributed by atoms with van der Waals surface area (Å²) < 4.78 is 39.3. The molecule has 0 aromatic carbocycles. The van der Waals surface area contributed by atoms with E-state index in [4.69, 9.17) is 26.6 Å². The molecule has 0 bridgehead atoms. The van der Waals surface area contributed by atoms with E-state index in [0.29, 0.717) is 0 Å². The van der Waals surface area contributed by atoms with Crippen LogP contribution in [0.3, 0.4) is 0 Å². The molecule has 0 radical (unpaired) electrons. The van der Waals surface area contributed by atoms with E-state index in [1.807, 2.05) is 83.1 Å². The van der Waals surface area contributed by atoms with Gasteiger partial charge in [-0.15, -0.1) is 0 Å². The molecule has 29 heavy (non-hydrogen) atoms. The first-order valence-corrected chi connectivity index (χ1v) is 14.9. The molecule has 6 nitrogen and oxygen atoms in total. The topological polar surface area (TPSA) is 55.4 Å². The van der Waals surface area contributed by atoms with E-state index in [1.165, 1.54) is 0 Å². The van der Waals surface area contributed by atoms with Gasteiger partial charge >= 0.3 is 17.6 Å². The molecular formula is C21H48O6Si2. The molecule has 0 atom stereocenters. The Labute approximate surface area is 182 Å². The summed E-state index contributed by atoms with van der Waals surface area (Å²) in [6.45, 7) is 26.3. The highest BCUT2D eigenvalue weighted by atomic mass is 28.5. The van der Waals surface area contributed by atoms with Crippen molar-refractivity contribution in [3.8, 4) is 0 Å². The lowest BCUT2D eigenvalue weighted by Crippen LogP contribution is -2.67. The predicted molar refractivity (Wildman–Crippen MR) is 123 cm³/mol. The molecule has 0 aliphatic carbocycles. The summed E-state index contributed by atoms with van der Waals surface area (Å²) in [5.74, 6) is 0. The van der Waals surface area contributed by atoms with Crippen molar-refractivity contribution in [3.05, 3.63) is 0 Å². The van der Waals surface area contributed by atoms with Crippen molar-refractivity contribution in [3.63, 3.8) is 0 Å². The fraction of sp³-hybridized carbons (Fsp3) is 1.00. The fourth-order valence-electron chi connectivity index (χ4n) is 3.35. The van der Waals surface area contributed by atoms with Gasteiger partial charge in [0.1, 0.15) is 0 Å². The summed E-state index contributed by atoms with van der Waals surface area (Å²) in [6.07, 6.45) is 0.369. The summed E-state index contributed by atoms with van der Waals surface area (Å²) in [7, 11) is -6.53. The van der Waals surface area contributed by atoms with Crippen molar-refractivity contribution < 1.29 is 26.6 Å². The molecule has 0 saturated heterocycles. The Morgan fingerprint density at radius 2 is 0.586 bits per heavy atom. The van der Waals surface area contributed by atoms with Crippen molar-refractivity contribution in [1.82, 2.24) is 0 Å². The molecule has 0 aliphatic heterocycles. The lowest BCUT2D eigenvalue weighted by Gasteiger charge is -2.46. The van der Waals surface area contributed by atoms with Gasteiger partial charge in [0, 0.05) is 36.6 Å². The van der Waals surface area contributed by atoms with Gasteiger partial charge in [-0.3, -0.25) is 0 Å². The quantitative estimate of drug-likeness (QED) is 0.296. The van der Waals surface area contributed by atoms with Crippen LogP contribution >= 0.6 is 0 Å². The van der Waals surface area contributed by atoms with Gasteiger partial charge in [0.25, 0.3) is 0 Å². The van der Waals surface area contributed by atoms with Crippen molar-refractivity contribution in [2.24, 2.45) is 0 Å². The molecule has 0 aromatic rings. The SMILES string of the molecule is CCC([Si](OC(C)C)(OC(C)C)OC(C)C)[Si](OC(C)C)(OC(C)C)OC(C)C. The first kappa shape index (κ1) is 29.2. The van der Waals surface area contributed by atoms with Crippen LogP contribution in [-0.4, -0.2) is 54.2 Å². The maximum Gasteiger partial charge on any atom is 0.509 e. The van der Waals surface area contributed by atoms with E-state index < -0.39 is 17.6 Å². The fourth-order valence-corrected chi connectivity index (χ4v) is 12.6. The van der Waals surface area contributed by atoms with E-state index >= 15 is 0 Å². The van der Waals surface area contributed by atoms with Crippen LogP contribution in [0.15, 0.2) is 0 Å². The van der Waals surface area contributed by atoms with Gasteiger partial charge in [-0.2, -0.15) is 0 Å². The Morgan fingerprint density at radius 1 is 0.414 bits per heavy atom. The highest BCUT2D eigenvalue weighted by Gasteiger charge is 2.67. The Bertz CT molecular complexity index is 350. The lowest BCUT2D eigenvalue weighted by atomic mass is 10.5. The van der Waals surface area contributed by atoms with Gasteiger partial charge in [-0.1, -0.05) is 6.92 Å². The van der Waals surface area contributed by atoms with Crippen LogP contribution in [0.1, 0.15) is 96.4 Å². The van der Waals surface area contributed by atoms with Crippen LogP contribution in [0.5, 0.6) is 0 Å². The van der Waals surface area contributed by atoms with Crippen LogP contribution in [0, 0.1) is 0 Å². The van der Waals surface area contributed by atoms with Gasteiger partial charge in [0.2, 0.25) is 0 Å². The number of hydrogen-bond acceptors (Lipinski definition) is 6. The molecular weight excluding hydrogens is 404 g/mol. The average molecular weight is 453 g/mol. The third-order valence-electron chi connectivity index (χ3n) is 3.66. The zero-order valence-electron chi connectivity index (χ0n) is 21.2. The van der Waals surface area contributed by atoms with Crippen molar-refractivity contribution >= 4 is 17.6 Å². The Hall–Kier alpha value is 0.194. The second-order valence-corrected chi connectivity index (χ2v) is 15.0. The third kappa shape index (κ3) is 9.90. The molecule has 0 unspecified atom stereocenters. The van der Waals surface area contributed by atoms with E-state index in [-0.39, 0.29) is 41.8 Å². The Morgan fingerprint density at radius 3 is 0.690 bits per heavy atom.